The first kappa shape index (κ1) is 12.6. The van der Waals surface area contributed by atoms with Crippen LogP contribution in [0.2, 0.25) is 0 Å². The molecule has 0 spiro atoms. The molecule has 0 aliphatic rings. The Kier molecular flexibility index (Phi) is 2.99. The summed E-state index contributed by atoms with van der Waals surface area (Å²) in [7, 11) is 0. The monoisotopic (exact) mass is 386 g/mol. The van der Waals surface area contributed by atoms with Gasteiger partial charge >= 0.3 is 0 Å². The molecule has 2 aromatic heterocycles. The summed E-state index contributed by atoms with van der Waals surface area (Å²) in [5.74, 6) is 0.815. The minimum absolute atomic E-state index is 0.815. The smallest absolute Gasteiger partial charge is 0.157 e. The van der Waals surface area contributed by atoms with Gasteiger partial charge < -0.3 is 5.32 Å². The molecular weight excluding hydrogens is 375 g/mol. The average Bonchev–Trinajstić information content (AvgIpc) is 3.00. The molecule has 2 heterocycles. The highest BCUT2D eigenvalue weighted by atomic mass is 127. The quantitative estimate of drug-likeness (QED) is 0.525. The van der Waals surface area contributed by atoms with E-state index in [0.29, 0.717) is 0 Å². The van der Waals surface area contributed by atoms with Crippen molar-refractivity contribution in [3.63, 3.8) is 0 Å². The Morgan fingerprint density at radius 2 is 1.76 bits per heavy atom. The maximum absolute atomic E-state index is 4.74. The zero-order valence-electron chi connectivity index (χ0n) is 11.0. The van der Waals surface area contributed by atoms with E-state index in [1.807, 2.05) is 55.0 Å². The third-order valence-corrected chi connectivity index (χ3v) is 4.32. The van der Waals surface area contributed by atoms with Gasteiger partial charge in [-0.2, -0.15) is 0 Å². The number of nitrogens with one attached hydrogen (secondary N) is 1. The summed E-state index contributed by atoms with van der Waals surface area (Å²) in [5.41, 5.74) is 4.01. The van der Waals surface area contributed by atoms with E-state index >= 15 is 0 Å². The fourth-order valence-corrected chi connectivity index (χ4v) is 2.91. The molecule has 0 amide bonds. The van der Waals surface area contributed by atoms with E-state index in [9.17, 15) is 0 Å². The fraction of sp³-hybridized carbons (Fsp3) is 0. The maximum atomic E-state index is 4.74. The number of benzene rings is 2. The van der Waals surface area contributed by atoms with E-state index in [-0.39, 0.29) is 0 Å². The maximum Gasteiger partial charge on any atom is 0.157 e. The number of rotatable bonds is 2. The molecule has 0 radical (unpaired) electrons. The first-order valence-electron chi connectivity index (χ1n) is 6.55. The molecule has 0 saturated heterocycles. The van der Waals surface area contributed by atoms with Crippen LogP contribution >= 0.6 is 22.6 Å². The van der Waals surface area contributed by atoms with Gasteiger partial charge in [-0.25, -0.2) is 9.97 Å². The van der Waals surface area contributed by atoms with Crippen molar-refractivity contribution in [1.29, 1.82) is 0 Å². The number of nitrogens with zero attached hydrogens (tertiary/aromatic N) is 3. The Hall–Kier alpha value is -2.15. The van der Waals surface area contributed by atoms with Crippen molar-refractivity contribution >= 4 is 50.6 Å². The van der Waals surface area contributed by atoms with Crippen LogP contribution in [0.1, 0.15) is 0 Å². The molecular formula is C16H11IN4. The van der Waals surface area contributed by atoms with Crippen LogP contribution in [0.5, 0.6) is 0 Å². The molecule has 21 heavy (non-hydrogen) atoms. The molecule has 0 unspecified atom stereocenters. The summed E-state index contributed by atoms with van der Waals surface area (Å²) in [6, 6.07) is 16.2. The van der Waals surface area contributed by atoms with Gasteiger partial charge in [-0.1, -0.05) is 24.3 Å². The van der Waals surface area contributed by atoms with Crippen molar-refractivity contribution in [2.75, 3.05) is 5.32 Å². The van der Waals surface area contributed by atoms with Crippen LogP contribution in [0, 0.1) is 3.57 Å². The standard InChI is InChI=1S/C16H11IN4/c17-11-5-1-2-6-12(11)19-16-15-9-18-10-21(15)14-8-4-3-7-13(14)20-16/h1-10H,(H,19,20). The fourth-order valence-electron chi connectivity index (χ4n) is 2.38. The SMILES string of the molecule is Ic1ccccc1Nc1nc2ccccc2n2cncc12. The normalized spacial score (nSPS) is 11.1. The molecule has 0 bridgehead atoms. The number of halogens is 1. The van der Waals surface area contributed by atoms with Crippen LogP contribution in [-0.4, -0.2) is 14.4 Å². The van der Waals surface area contributed by atoms with Crippen LogP contribution < -0.4 is 5.32 Å². The first-order valence-corrected chi connectivity index (χ1v) is 7.63. The number of aromatic nitrogens is 3. The molecule has 1 N–H and O–H groups in total. The number of hydrogen-bond donors (Lipinski definition) is 1. The molecule has 0 saturated carbocycles. The highest BCUT2D eigenvalue weighted by Crippen LogP contribution is 2.26. The van der Waals surface area contributed by atoms with Crippen molar-refractivity contribution in [3.8, 4) is 0 Å². The molecule has 2 aromatic carbocycles. The molecule has 0 aliphatic carbocycles. The van der Waals surface area contributed by atoms with E-state index in [2.05, 4.69) is 43.4 Å². The molecule has 102 valence electrons. The summed E-state index contributed by atoms with van der Waals surface area (Å²) >= 11 is 2.31. The number of para-hydroxylation sites is 3. The topological polar surface area (TPSA) is 42.2 Å². The Morgan fingerprint density at radius 1 is 0.952 bits per heavy atom. The van der Waals surface area contributed by atoms with Crippen LogP contribution in [-0.2, 0) is 0 Å². The van der Waals surface area contributed by atoms with E-state index in [4.69, 9.17) is 4.98 Å². The second-order valence-corrected chi connectivity index (χ2v) is 5.87. The van der Waals surface area contributed by atoms with Crippen molar-refractivity contribution in [2.24, 2.45) is 0 Å². The lowest BCUT2D eigenvalue weighted by molar-refractivity contribution is 1.19. The summed E-state index contributed by atoms with van der Waals surface area (Å²) < 4.78 is 3.21. The lowest BCUT2D eigenvalue weighted by Gasteiger charge is -2.11. The van der Waals surface area contributed by atoms with Gasteiger partial charge in [0, 0.05) is 3.57 Å². The highest BCUT2D eigenvalue weighted by Gasteiger charge is 2.09. The van der Waals surface area contributed by atoms with Gasteiger partial charge in [0.05, 0.1) is 29.2 Å². The Morgan fingerprint density at radius 3 is 2.67 bits per heavy atom. The number of hydrogen-bond acceptors (Lipinski definition) is 3. The van der Waals surface area contributed by atoms with Crippen molar-refractivity contribution in [1.82, 2.24) is 14.4 Å². The largest absolute Gasteiger partial charge is 0.338 e. The van der Waals surface area contributed by atoms with E-state index in [0.717, 1.165) is 31.6 Å². The predicted molar refractivity (Wildman–Crippen MR) is 92.9 cm³/mol. The van der Waals surface area contributed by atoms with Gasteiger partial charge in [0.2, 0.25) is 0 Å². The minimum Gasteiger partial charge on any atom is -0.338 e. The van der Waals surface area contributed by atoms with Gasteiger partial charge in [-0.05, 0) is 46.9 Å². The first-order chi connectivity index (χ1) is 10.3. The number of anilines is 2. The van der Waals surface area contributed by atoms with E-state index in [1.165, 1.54) is 0 Å². The molecule has 4 rings (SSSR count). The lowest BCUT2D eigenvalue weighted by atomic mass is 10.3. The van der Waals surface area contributed by atoms with Gasteiger partial charge in [0.1, 0.15) is 5.52 Å². The number of fused-ring (bicyclic) bond motifs is 3. The Bertz CT molecular complexity index is 945. The van der Waals surface area contributed by atoms with Crippen LogP contribution in [0.4, 0.5) is 11.5 Å². The zero-order chi connectivity index (χ0) is 14.2. The zero-order valence-corrected chi connectivity index (χ0v) is 13.2. The van der Waals surface area contributed by atoms with Gasteiger partial charge in [-0.15, -0.1) is 0 Å². The van der Waals surface area contributed by atoms with Crippen LogP contribution in [0.25, 0.3) is 16.6 Å². The van der Waals surface area contributed by atoms with Gasteiger partial charge in [0.25, 0.3) is 0 Å². The van der Waals surface area contributed by atoms with Crippen molar-refractivity contribution in [3.05, 3.63) is 64.6 Å². The van der Waals surface area contributed by atoms with E-state index in [1.54, 1.807) is 0 Å². The van der Waals surface area contributed by atoms with Gasteiger partial charge in [-0.3, -0.25) is 4.40 Å². The summed E-state index contributed by atoms with van der Waals surface area (Å²) in [6.07, 6.45) is 3.65. The molecule has 0 atom stereocenters. The third-order valence-electron chi connectivity index (χ3n) is 3.38. The molecule has 4 nitrogen and oxygen atoms in total. The van der Waals surface area contributed by atoms with Crippen molar-refractivity contribution in [2.45, 2.75) is 0 Å². The van der Waals surface area contributed by atoms with Crippen LogP contribution in [0.3, 0.4) is 0 Å². The highest BCUT2D eigenvalue weighted by molar-refractivity contribution is 14.1. The second-order valence-electron chi connectivity index (χ2n) is 4.70. The minimum atomic E-state index is 0.815. The van der Waals surface area contributed by atoms with Crippen LogP contribution in [0.15, 0.2) is 61.1 Å². The molecule has 5 heteroatoms. The average molecular weight is 386 g/mol. The lowest BCUT2D eigenvalue weighted by Crippen LogP contribution is -2.00. The summed E-state index contributed by atoms with van der Waals surface area (Å²) in [6.45, 7) is 0. The van der Waals surface area contributed by atoms with Gasteiger partial charge in [0.15, 0.2) is 5.82 Å². The second kappa shape index (κ2) is 5.00. The van der Waals surface area contributed by atoms with E-state index < -0.39 is 0 Å². The molecule has 0 fully saturated rings. The predicted octanol–water partition coefficient (Wildman–Crippen LogP) is 4.23. The summed E-state index contributed by atoms with van der Waals surface area (Å²) in [5, 5.41) is 3.41. The third kappa shape index (κ3) is 2.13. The summed E-state index contributed by atoms with van der Waals surface area (Å²) in [4.78, 5) is 8.99. The molecule has 0 aliphatic heterocycles. The Balaban J connectivity index is 1.95. The molecule has 4 aromatic rings. The Labute approximate surface area is 135 Å². The van der Waals surface area contributed by atoms with Crippen molar-refractivity contribution < 1.29 is 0 Å². The number of imidazole rings is 1.